The minimum atomic E-state index is -1.39. The predicted molar refractivity (Wildman–Crippen MR) is 69.5 cm³/mol. The van der Waals surface area contributed by atoms with E-state index < -0.39 is 11.2 Å². The third kappa shape index (κ3) is 2.68. The SMILES string of the molecule is N#CC1=CC(O)C=CC1(Cl)Oc1ccc(Cl)cc1. The maximum atomic E-state index is 9.40. The smallest absolute Gasteiger partial charge is 0.236 e. The molecular formula is C13H9Cl2NO2. The van der Waals surface area contributed by atoms with Crippen LogP contribution in [0.2, 0.25) is 5.02 Å². The fourth-order valence-corrected chi connectivity index (χ4v) is 1.92. The Kier molecular flexibility index (Phi) is 3.63. The summed E-state index contributed by atoms with van der Waals surface area (Å²) in [7, 11) is 0. The second-order valence-electron chi connectivity index (χ2n) is 3.74. The van der Waals surface area contributed by atoms with Gasteiger partial charge >= 0.3 is 0 Å². The summed E-state index contributed by atoms with van der Waals surface area (Å²) < 4.78 is 5.57. The predicted octanol–water partition coefficient (Wildman–Crippen LogP) is 3.03. The molecule has 0 aliphatic heterocycles. The van der Waals surface area contributed by atoms with Gasteiger partial charge in [-0.1, -0.05) is 29.3 Å². The number of aliphatic hydroxyl groups is 1. The van der Waals surface area contributed by atoms with Crippen LogP contribution in [-0.4, -0.2) is 16.3 Å². The van der Waals surface area contributed by atoms with Crippen LogP contribution in [0.3, 0.4) is 0 Å². The number of hydrogen-bond donors (Lipinski definition) is 1. The van der Waals surface area contributed by atoms with Crippen LogP contribution >= 0.6 is 23.2 Å². The fraction of sp³-hybridized carbons (Fsp3) is 0.154. The highest BCUT2D eigenvalue weighted by Gasteiger charge is 2.35. The molecule has 1 aromatic carbocycles. The van der Waals surface area contributed by atoms with Crippen LogP contribution in [0, 0.1) is 11.3 Å². The topological polar surface area (TPSA) is 53.2 Å². The Morgan fingerprint density at radius 1 is 1.33 bits per heavy atom. The lowest BCUT2D eigenvalue weighted by atomic mass is 10.0. The van der Waals surface area contributed by atoms with Crippen LogP contribution in [0.5, 0.6) is 5.75 Å². The van der Waals surface area contributed by atoms with E-state index in [4.69, 9.17) is 33.2 Å². The van der Waals surface area contributed by atoms with Crippen molar-refractivity contribution >= 4 is 23.2 Å². The van der Waals surface area contributed by atoms with Crippen molar-refractivity contribution < 1.29 is 9.84 Å². The molecule has 0 bridgehead atoms. The molecule has 0 saturated carbocycles. The number of aliphatic hydroxyl groups excluding tert-OH is 1. The van der Waals surface area contributed by atoms with E-state index in [1.165, 1.54) is 18.2 Å². The molecule has 1 aliphatic carbocycles. The molecule has 0 saturated heterocycles. The van der Waals surface area contributed by atoms with Gasteiger partial charge in [-0.2, -0.15) is 5.26 Å². The molecule has 3 nitrogen and oxygen atoms in total. The third-order valence-corrected chi connectivity index (χ3v) is 3.07. The first-order valence-corrected chi connectivity index (χ1v) is 5.92. The first kappa shape index (κ1) is 13.0. The number of nitrogens with zero attached hydrogens (tertiary/aromatic N) is 1. The monoisotopic (exact) mass is 281 g/mol. The van der Waals surface area contributed by atoms with Gasteiger partial charge in [0.1, 0.15) is 11.8 Å². The molecule has 18 heavy (non-hydrogen) atoms. The molecule has 0 aromatic heterocycles. The zero-order valence-corrected chi connectivity index (χ0v) is 10.7. The van der Waals surface area contributed by atoms with Gasteiger partial charge < -0.3 is 9.84 Å². The molecular weight excluding hydrogens is 273 g/mol. The normalized spacial score (nSPS) is 26.3. The van der Waals surface area contributed by atoms with E-state index in [9.17, 15) is 5.11 Å². The van der Waals surface area contributed by atoms with Gasteiger partial charge in [-0.15, -0.1) is 0 Å². The number of halogens is 2. The molecule has 5 heteroatoms. The van der Waals surface area contributed by atoms with Crippen LogP contribution in [0.15, 0.2) is 48.1 Å². The maximum absolute atomic E-state index is 9.40. The van der Waals surface area contributed by atoms with Crippen LogP contribution in [0.1, 0.15) is 0 Å². The van der Waals surface area contributed by atoms with E-state index in [1.54, 1.807) is 24.3 Å². The molecule has 0 spiro atoms. The van der Waals surface area contributed by atoms with Crippen molar-refractivity contribution in [1.29, 1.82) is 5.26 Å². The van der Waals surface area contributed by atoms with Gasteiger partial charge in [-0.05, 0) is 36.4 Å². The number of benzene rings is 1. The molecule has 0 heterocycles. The van der Waals surface area contributed by atoms with Crippen LogP contribution in [0.4, 0.5) is 0 Å². The number of hydrogen-bond acceptors (Lipinski definition) is 3. The lowest BCUT2D eigenvalue weighted by Gasteiger charge is -2.27. The Morgan fingerprint density at radius 3 is 2.61 bits per heavy atom. The van der Waals surface area contributed by atoms with E-state index in [-0.39, 0.29) is 5.57 Å². The summed E-state index contributed by atoms with van der Waals surface area (Å²) in [6, 6.07) is 8.55. The maximum Gasteiger partial charge on any atom is 0.236 e. The lowest BCUT2D eigenvalue weighted by Crippen LogP contribution is -2.32. The number of nitriles is 1. The highest BCUT2D eigenvalue weighted by molar-refractivity contribution is 6.30. The second-order valence-corrected chi connectivity index (χ2v) is 4.74. The molecule has 92 valence electrons. The van der Waals surface area contributed by atoms with Crippen molar-refractivity contribution in [2.75, 3.05) is 0 Å². The Bertz CT molecular complexity index is 545. The summed E-state index contributed by atoms with van der Waals surface area (Å²) in [5, 5.41) is 17.6. The van der Waals surface area contributed by atoms with Gasteiger partial charge in [0.05, 0.1) is 11.7 Å². The van der Waals surface area contributed by atoms with Crippen molar-refractivity contribution in [3.63, 3.8) is 0 Å². The first-order valence-electron chi connectivity index (χ1n) is 5.17. The van der Waals surface area contributed by atoms with Crippen LogP contribution in [0.25, 0.3) is 0 Å². The molecule has 0 amide bonds. The summed E-state index contributed by atoms with van der Waals surface area (Å²) in [6.07, 6.45) is 3.44. The van der Waals surface area contributed by atoms with E-state index >= 15 is 0 Å². The molecule has 0 fully saturated rings. The third-order valence-electron chi connectivity index (χ3n) is 2.41. The minimum Gasteiger partial charge on any atom is -0.463 e. The molecule has 1 N–H and O–H groups in total. The molecule has 2 rings (SSSR count). The molecule has 1 aliphatic rings. The summed E-state index contributed by atoms with van der Waals surface area (Å²) in [5.41, 5.74) is 0.147. The van der Waals surface area contributed by atoms with Gasteiger partial charge in [0.15, 0.2) is 0 Å². The Balaban J connectivity index is 2.27. The van der Waals surface area contributed by atoms with Crippen LogP contribution in [-0.2, 0) is 0 Å². The Morgan fingerprint density at radius 2 is 2.00 bits per heavy atom. The molecule has 2 unspecified atom stereocenters. The van der Waals surface area contributed by atoms with Crippen molar-refractivity contribution in [3.05, 3.63) is 53.1 Å². The average molecular weight is 282 g/mol. The van der Waals surface area contributed by atoms with Crippen molar-refractivity contribution in [3.8, 4) is 11.8 Å². The van der Waals surface area contributed by atoms with E-state index in [0.717, 1.165) is 0 Å². The van der Waals surface area contributed by atoms with E-state index in [1.807, 2.05) is 6.07 Å². The molecule has 2 atom stereocenters. The van der Waals surface area contributed by atoms with Gasteiger partial charge in [-0.3, -0.25) is 0 Å². The Hall–Kier alpha value is -1.47. The average Bonchev–Trinajstić information content (AvgIpc) is 2.35. The molecule has 0 radical (unpaired) electrons. The minimum absolute atomic E-state index is 0.147. The summed E-state index contributed by atoms with van der Waals surface area (Å²) >= 11 is 12.0. The van der Waals surface area contributed by atoms with Gasteiger partial charge in [0.25, 0.3) is 0 Å². The number of ether oxygens (including phenoxy) is 1. The van der Waals surface area contributed by atoms with Crippen LogP contribution < -0.4 is 4.74 Å². The summed E-state index contributed by atoms with van der Waals surface area (Å²) in [6.45, 7) is 0. The summed E-state index contributed by atoms with van der Waals surface area (Å²) in [5.74, 6) is 0.483. The molecule has 1 aromatic rings. The zero-order chi connectivity index (χ0) is 13.2. The highest BCUT2D eigenvalue weighted by atomic mass is 35.5. The van der Waals surface area contributed by atoms with Gasteiger partial charge in [-0.25, -0.2) is 0 Å². The summed E-state index contributed by atoms with van der Waals surface area (Å²) in [4.78, 5) is 0. The Labute approximate surface area is 115 Å². The van der Waals surface area contributed by atoms with Gasteiger partial charge in [0, 0.05) is 5.02 Å². The second kappa shape index (κ2) is 5.03. The quantitative estimate of drug-likeness (QED) is 0.670. The van der Waals surface area contributed by atoms with Gasteiger partial charge in [0.2, 0.25) is 5.06 Å². The number of rotatable bonds is 2. The highest BCUT2D eigenvalue weighted by Crippen LogP contribution is 2.33. The zero-order valence-electron chi connectivity index (χ0n) is 9.18. The first-order chi connectivity index (χ1) is 8.53. The van der Waals surface area contributed by atoms with Crippen molar-refractivity contribution in [2.24, 2.45) is 0 Å². The standard InChI is InChI=1S/C13H9Cl2NO2/c14-10-1-3-12(4-2-10)18-13(15)6-5-11(17)7-9(13)8-16/h1-7,11,17H. The largest absolute Gasteiger partial charge is 0.463 e. The fourth-order valence-electron chi connectivity index (χ4n) is 1.53. The number of alkyl halides is 1. The van der Waals surface area contributed by atoms with Crippen molar-refractivity contribution in [2.45, 2.75) is 11.2 Å². The lowest BCUT2D eigenvalue weighted by molar-refractivity contribution is 0.224. The van der Waals surface area contributed by atoms with Crippen molar-refractivity contribution in [1.82, 2.24) is 0 Å². The van der Waals surface area contributed by atoms with E-state index in [2.05, 4.69) is 0 Å². The van der Waals surface area contributed by atoms with E-state index in [0.29, 0.717) is 10.8 Å².